The van der Waals surface area contributed by atoms with E-state index in [4.69, 9.17) is 0 Å². The highest BCUT2D eigenvalue weighted by atomic mass is 16.1. The van der Waals surface area contributed by atoms with E-state index < -0.39 is 0 Å². The first-order chi connectivity index (χ1) is 11.8. The van der Waals surface area contributed by atoms with Crippen LogP contribution in [0, 0.1) is 5.92 Å². The number of pyridine rings is 1. The Kier molecular flexibility index (Phi) is 4.03. The molecule has 3 aromatic rings. The lowest BCUT2D eigenvalue weighted by atomic mass is 9.98. The Balaban J connectivity index is 1.36. The third kappa shape index (κ3) is 3.18. The smallest absolute Gasteiger partial charge is 0.251 e. The summed E-state index contributed by atoms with van der Waals surface area (Å²) in [4.78, 5) is 16.6. The van der Waals surface area contributed by atoms with Crippen molar-refractivity contribution in [3.63, 3.8) is 0 Å². The minimum absolute atomic E-state index is 0.0176. The predicted octanol–water partition coefficient (Wildman–Crippen LogP) is 3.48. The molecule has 24 heavy (non-hydrogen) atoms. The molecule has 1 amide bonds. The van der Waals surface area contributed by atoms with E-state index in [1.807, 2.05) is 22.7 Å². The Labute approximate surface area is 141 Å². The van der Waals surface area contributed by atoms with Gasteiger partial charge in [-0.3, -0.25) is 4.79 Å². The maximum atomic E-state index is 12.5. The van der Waals surface area contributed by atoms with Gasteiger partial charge in [0.15, 0.2) is 0 Å². The Morgan fingerprint density at radius 1 is 1.21 bits per heavy atom. The quantitative estimate of drug-likeness (QED) is 0.800. The lowest BCUT2D eigenvalue weighted by molar-refractivity contribution is 0.0937. The zero-order valence-corrected chi connectivity index (χ0v) is 13.6. The summed E-state index contributed by atoms with van der Waals surface area (Å²) >= 11 is 0. The number of carbonyl (C=O) groups is 1. The van der Waals surface area contributed by atoms with E-state index in [0.717, 1.165) is 24.8 Å². The maximum Gasteiger partial charge on any atom is 0.251 e. The SMILES string of the molecule is O=C(NC1CCC(Cc2ccccc2)C1)c1ccn2cncc2c1. The topological polar surface area (TPSA) is 46.4 Å². The zero-order valence-electron chi connectivity index (χ0n) is 13.6. The summed E-state index contributed by atoms with van der Waals surface area (Å²) in [6.45, 7) is 0. The van der Waals surface area contributed by atoms with E-state index in [0.29, 0.717) is 11.5 Å². The molecule has 0 aliphatic heterocycles. The van der Waals surface area contributed by atoms with Crippen LogP contribution in [-0.2, 0) is 6.42 Å². The van der Waals surface area contributed by atoms with Crippen molar-refractivity contribution in [2.24, 2.45) is 5.92 Å². The van der Waals surface area contributed by atoms with Crippen molar-refractivity contribution >= 4 is 11.4 Å². The molecule has 2 aromatic heterocycles. The monoisotopic (exact) mass is 319 g/mol. The van der Waals surface area contributed by atoms with Gasteiger partial charge in [0, 0.05) is 17.8 Å². The molecule has 2 heterocycles. The third-order valence-electron chi connectivity index (χ3n) is 4.92. The number of nitrogens with zero attached hydrogens (tertiary/aromatic N) is 2. The molecule has 1 aromatic carbocycles. The Bertz CT molecular complexity index is 840. The molecule has 1 aliphatic rings. The van der Waals surface area contributed by atoms with Crippen LogP contribution in [0.4, 0.5) is 0 Å². The lowest BCUT2D eigenvalue weighted by Gasteiger charge is -2.14. The molecule has 4 heteroatoms. The van der Waals surface area contributed by atoms with Crippen LogP contribution in [0.2, 0.25) is 0 Å². The predicted molar refractivity (Wildman–Crippen MR) is 93.9 cm³/mol. The highest BCUT2D eigenvalue weighted by Gasteiger charge is 2.26. The van der Waals surface area contributed by atoms with E-state index in [-0.39, 0.29) is 11.9 Å². The van der Waals surface area contributed by atoms with Crippen LogP contribution >= 0.6 is 0 Å². The van der Waals surface area contributed by atoms with Crippen LogP contribution in [0.5, 0.6) is 0 Å². The van der Waals surface area contributed by atoms with Crippen molar-refractivity contribution in [1.29, 1.82) is 0 Å². The van der Waals surface area contributed by atoms with Crippen LogP contribution < -0.4 is 5.32 Å². The zero-order chi connectivity index (χ0) is 16.4. The van der Waals surface area contributed by atoms with Crippen LogP contribution in [0.3, 0.4) is 0 Å². The summed E-state index contributed by atoms with van der Waals surface area (Å²) in [7, 11) is 0. The first kappa shape index (κ1) is 14.9. The van der Waals surface area contributed by atoms with Crippen molar-refractivity contribution < 1.29 is 4.79 Å². The second-order valence-corrected chi connectivity index (χ2v) is 6.68. The number of aromatic nitrogens is 2. The first-order valence-electron chi connectivity index (χ1n) is 8.54. The average molecular weight is 319 g/mol. The van der Waals surface area contributed by atoms with E-state index in [9.17, 15) is 4.79 Å². The van der Waals surface area contributed by atoms with Gasteiger partial charge in [-0.1, -0.05) is 30.3 Å². The van der Waals surface area contributed by atoms with E-state index in [2.05, 4.69) is 40.6 Å². The molecule has 0 spiro atoms. The van der Waals surface area contributed by atoms with Crippen molar-refractivity contribution in [2.75, 3.05) is 0 Å². The number of benzene rings is 1. The normalized spacial score (nSPS) is 20.3. The van der Waals surface area contributed by atoms with Crippen molar-refractivity contribution in [2.45, 2.75) is 31.7 Å². The highest BCUT2D eigenvalue weighted by Crippen LogP contribution is 2.29. The number of fused-ring (bicyclic) bond motifs is 1. The first-order valence-corrected chi connectivity index (χ1v) is 8.54. The fourth-order valence-corrected chi connectivity index (χ4v) is 3.67. The molecule has 122 valence electrons. The largest absolute Gasteiger partial charge is 0.349 e. The van der Waals surface area contributed by atoms with Gasteiger partial charge < -0.3 is 9.72 Å². The number of hydrogen-bond donors (Lipinski definition) is 1. The summed E-state index contributed by atoms with van der Waals surface area (Å²) in [5, 5.41) is 3.20. The van der Waals surface area contributed by atoms with E-state index in [1.165, 1.54) is 12.0 Å². The second-order valence-electron chi connectivity index (χ2n) is 6.68. The van der Waals surface area contributed by atoms with Crippen LogP contribution in [0.1, 0.15) is 35.2 Å². The van der Waals surface area contributed by atoms with Gasteiger partial charge in [-0.2, -0.15) is 0 Å². The molecule has 0 bridgehead atoms. The minimum atomic E-state index is 0.0176. The van der Waals surface area contributed by atoms with Gasteiger partial charge in [-0.05, 0) is 49.3 Å². The number of nitrogens with one attached hydrogen (secondary N) is 1. The van der Waals surface area contributed by atoms with Gasteiger partial charge in [0.2, 0.25) is 0 Å². The molecule has 2 unspecified atom stereocenters. The van der Waals surface area contributed by atoms with Gasteiger partial charge >= 0.3 is 0 Å². The van der Waals surface area contributed by atoms with Gasteiger partial charge in [0.25, 0.3) is 5.91 Å². The third-order valence-corrected chi connectivity index (χ3v) is 4.92. The van der Waals surface area contributed by atoms with Crippen LogP contribution in [0.25, 0.3) is 5.52 Å². The number of carbonyl (C=O) groups excluding carboxylic acids is 1. The summed E-state index contributed by atoms with van der Waals surface area (Å²) in [6, 6.07) is 14.6. The summed E-state index contributed by atoms with van der Waals surface area (Å²) in [5.41, 5.74) is 3.03. The van der Waals surface area contributed by atoms with E-state index >= 15 is 0 Å². The van der Waals surface area contributed by atoms with E-state index in [1.54, 1.807) is 12.5 Å². The summed E-state index contributed by atoms with van der Waals surface area (Å²) in [6.07, 6.45) is 9.80. The highest BCUT2D eigenvalue weighted by molar-refractivity contribution is 5.95. The molecule has 1 aliphatic carbocycles. The molecule has 1 fully saturated rings. The lowest BCUT2D eigenvalue weighted by Crippen LogP contribution is -2.33. The minimum Gasteiger partial charge on any atom is -0.349 e. The molecule has 0 saturated heterocycles. The Morgan fingerprint density at radius 2 is 2.08 bits per heavy atom. The number of rotatable bonds is 4. The molecule has 4 rings (SSSR count). The average Bonchev–Trinajstić information content (AvgIpc) is 3.24. The fraction of sp³-hybridized carbons (Fsp3) is 0.300. The standard InChI is InChI=1S/C20H21N3O/c24-20(17-8-9-23-14-21-13-19(23)12-17)22-18-7-6-16(11-18)10-15-4-2-1-3-5-15/h1-5,8-9,12-14,16,18H,6-7,10-11H2,(H,22,24). The molecule has 2 atom stereocenters. The number of imidazole rings is 1. The summed E-state index contributed by atoms with van der Waals surface area (Å²) in [5.74, 6) is 0.680. The van der Waals surface area contributed by atoms with Gasteiger partial charge in [0.05, 0.1) is 18.0 Å². The van der Waals surface area contributed by atoms with Gasteiger partial charge in [-0.15, -0.1) is 0 Å². The van der Waals surface area contributed by atoms with Crippen LogP contribution in [0.15, 0.2) is 61.2 Å². The Morgan fingerprint density at radius 3 is 2.96 bits per heavy atom. The molecule has 0 radical (unpaired) electrons. The molecule has 1 N–H and O–H groups in total. The van der Waals surface area contributed by atoms with Crippen LogP contribution in [-0.4, -0.2) is 21.3 Å². The number of hydrogen-bond acceptors (Lipinski definition) is 2. The summed E-state index contributed by atoms with van der Waals surface area (Å²) < 4.78 is 1.90. The van der Waals surface area contributed by atoms with Gasteiger partial charge in [-0.25, -0.2) is 4.98 Å². The molecular formula is C20H21N3O. The maximum absolute atomic E-state index is 12.5. The fourth-order valence-electron chi connectivity index (χ4n) is 3.67. The van der Waals surface area contributed by atoms with Crippen molar-refractivity contribution in [3.05, 3.63) is 72.3 Å². The van der Waals surface area contributed by atoms with Crippen molar-refractivity contribution in [3.8, 4) is 0 Å². The van der Waals surface area contributed by atoms with Crippen molar-refractivity contribution in [1.82, 2.24) is 14.7 Å². The Hall–Kier alpha value is -2.62. The molecular weight excluding hydrogens is 298 g/mol. The molecule has 4 nitrogen and oxygen atoms in total. The number of amides is 1. The molecule has 1 saturated carbocycles. The van der Waals surface area contributed by atoms with Gasteiger partial charge in [0.1, 0.15) is 0 Å². The second kappa shape index (κ2) is 6.48.